The number of carboxylic acids is 1. The van der Waals surface area contributed by atoms with E-state index in [1.807, 2.05) is 0 Å². The zero-order valence-electron chi connectivity index (χ0n) is 8.95. The molecule has 0 atom stereocenters. The molecule has 1 fully saturated rings. The van der Waals surface area contributed by atoms with Crippen LogP contribution in [0.2, 0.25) is 0 Å². The molecule has 4 heteroatoms. The molecule has 15 heavy (non-hydrogen) atoms. The lowest BCUT2D eigenvalue weighted by Crippen LogP contribution is -2.25. The standard InChI is InChI=1S/C11H19NO3/c13-8-7-12-6-5-9-1-3-10(4-2-9)11(14)15/h8-10,12H,1-7H2,(H,14,15). The Morgan fingerprint density at radius 3 is 2.53 bits per heavy atom. The summed E-state index contributed by atoms with van der Waals surface area (Å²) in [7, 11) is 0. The van der Waals surface area contributed by atoms with Gasteiger partial charge in [0.05, 0.1) is 12.5 Å². The molecule has 0 bridgehead atoms. The molecule has 1 saturated carbocycles. The molecule has 2 N–H and O–H groups in total. The van der Waals surface area contributed by atoms with Crippen LogP contribution in [-0.2, 0) is 9.59 Å². The number of rotatable bonds is 6. The molecular weight excluding hydrogens is 194 g/mol. The molecule has 0 aromatic carbocycles. The zero-order chi connectivity index (χ0) is 11.1. The van der Waals surface area contributed by atoms with E-state index >= 15 is 0 Å². The van der Waals surface area contributed by atoms with Crippen molar-refractivity contribution in [1.29, 1.82) is 0 Å². The van der Waals surface area contributed by atoms with Crippen LogP contribution in [0.3, 0.4) is 0 Å². The van der Waals surface area contributed by atoms with Crippen molar-refractivity contribution in [3.63, 3.8) is 0 Å². The third kappa shape index (κ3) is 4.42. The lowest BCUT2D eigenvalue weighted by molar-refractivity contribution is -0.143. The summed E-state index contributed by atoms with van der Waals surface area (Å²) in [4.78, 5) is 20.8. The molecule has 0 aromatic rings. The second-order valence-corrected chi connectivity index (χ2v) is 4.22. The summed E-state index contributed by atoms with van der Waals surface area (Å²) in [5.41, 5.74) is 0. The maximum absolute atomic E-state index is 10.7. The van der Waals surface area contributed by atoms with Crippen LogP contribution in [0.4, 0.5) is 0 Å². The Balaban J connectivity index is 2.09. The predicted molar refractivity (Wildman–Crippen MR) is 56.6 cm³/mol. The molecule has 0 heterocycles. The van der Waals surface area contributed by atoms with Gasteiger partial charge >= 0.3 is 5.97 Å². The normalized spacial score (nSPS) is 26.1. The van der Waals surface area contributed by atoms with Gasteiger partial charge in [-0.1, -0.05) is 0 Å². The maximum atomic E-state index is 10.7. The van der Waals surface area contributed by atoms with Crippen LogP contribution in [0.5, 0.6) is 0 Å². The Labute approximate surface area is 90.0 Å². The second kappa shape index (κ2) is 6.56. The van der Waals surface area contributed by atoms with Crippen molar-refractivity contribution >= 4 is 12.3 Å². The Kier molecular flexibility index (Phi) is 5.32. The monoisotopic (exact) mass is 213 g/mol. The van der Waals surface area contributed by atoms with Gasteiger partial charge in [0.2, 0.25) is 0 Å². The van der Waals surface area contributed by atoms with Crippen LogP contribution < -0.4 is 5.32 Å². The molecule has 0 aliphatic heterocycles. The number of hydrogen-bond acceptors (Lipinski definition) is 3. The van der Waals surface area contributed by atoms with Crippen LogP contribution >= 0.6 is 0 Å². The fraction of sp³-hybridized carbons (Fsp3) is 0.818. The van der Waals surface area contributed by atoms with E-state index in [2.05, 4.69) is 5.32 Å². The second-order valence-electron chi connectivity index (χ2n) is 4.22. The van der Waals surface area contributed by atoms with Crippen molar-refractivity contribution in [2.45, 2.75) is 32.1 Å². The van der Waals surface area contributed by atoms with Crippen molar-refractivity contribution in [2.24, 2.45) is 11.8 Å². The third-order valence-electron chi connectivity index (χ3n) is 3.15. The SMILES string of the molecule is O=CCNCCC1CCC(C(=O)O)CC1. The third-order valence-corrected chi connectivity index (χ3v) is 3.15. The maximum Gasteiger partial charge on any atom is 0.306 e. The first kappa shape index (κ1) is 12.2. The van der Waals surface area contributed by atoms with Crippen LogP contribution in [0.15, 0.2) is 0 Å². The van der Waals surface area contributed by atoms with Gasteiger partial charge < -0.3 is 15.2 Å². The topological polar surface area (TPSA) is 66.4 Å². The lowest BCUT2D eigenvalue weighted by atomic mass is 9.80. The zero-order valence-corrected chi connectivity index (χ0v) is 8.95. The van der Waals surface area contributed by atoms with E-state index in [0.717, 1.165) is 44.9 Å². The molecule has 86 valence electrons. The van der Waals surface area contributed by atoms with Crippen molar-refractivity contribution < 1.29 is 14.7 Å². The number of carboxylic acid groups (broad SMARTS) is 1. The number of aliphatic carboxylic acids is 1. The number of nitrogens with one attached hydrogen (secondary N) is 1. The average molecular weight is 213 g/mol. The molecule has 1 aliphatic carbocycles. The van der Waals surface area contributed by atoms with Crippen molar-refractivity contribution in [3.05, 3.63) is 0 Å². The van der Waals surface area contributed by atoms with E-state index in [0.29, 0.717) is 12.5 Å². The summed E-state index contributed by atoms with van der Waals surface area (Å²) in [6.07, 6.45) is 5.57. The van der Waals surface area contributed by atoms with E-state index in [9.17, 15) is 9.59 Å². The first-order valence-corrected chi connectivity index (χ1v) is 5.61. The smallest absolute Gasteiger partial charge is 0.306 e. The van der Waals surface area contributed by atoms with Gasteiger partial charge in [-0.15, -0.1) is 0 Å². The highest BCUT2D eigenvalue weighted by Gasteiger charge is 2.25. The van der Waals surface area contributed by atoms with Crippen LogP contribution in [0, 0.1) is 11.8 Å². The van der Waals surface area contributed by atoms with E-state index in [1.165, 1.54) is 0 Å². The molecular formula is C11H19NO3. The quantitative estimate of drug-likeness (QED) is 0.511. The molecule has 4 nitrogen and oxygen atoms in total. The van der Waals surface area contributed by atoms with Crippen LogP contribution in [0.1, 0.15) is 32.1 Å². The number of carbonyl (C=O) groups excluding carboxylic acids is 1. The Morgan fingerprint density at radius 1 is 1.33 bits per heavy atom. The summed E-state index contributed by atoms with van der Waals surface area (Å²) in [5, 5.41) is 11.9. The minimum absolute atomic E-state index is 0.121. The van der Waals surface area contributed by atoms with E-state index in [4.69, 9.17) is 5.11 Å². The van der Waals surface area contributed by atoms with E-state index in [-0.39, 0.29) is 5.92 Å². The molecule has 0 aromatic heterocycles. The Hall–Kier alpha value is -0.900. The number of carbonyl (C=O) groups is 2. The number of aldehydes is 1. The fourth-order valence-electron chi connectivity index (χ4n) is 2.17. The van der Waals surface area contributed by atoms with Crippen LogP contribution in [-0.4, -0.2) is 30.5 Å². The van der Waals surface area contributed by atoms with Gasteiger partial charge in [-0.3, -0.25) is 4.79 Å². The van der Waals surface area contributed by atoms with E-state index in [1.54, 1.807) is 0 Å². The first-order valence-electron chi connectivity index (χ1n) is 5.61. The highest BCUT2D eigenvalue weighted by Crippen LogP contribution is 2.30. The van der Waals surface area contributed by atoms with Gasteiger partial charge in [0.25, 0.3) is 0 Å². The summed E-state index contributed by atoms with van der Waals surface area (Å²) in [6.45, 7) is 1.28. The highest BCUT2D eigenvalue weighted by atomic mass is 16.4. The molecule has 1 aliphatic rings. The van der Waals surface area contributed by atoms with Crippen molar-refractivity contribution in [2.75, 3.05) is 13.1 Å². The Morgan fingerprint density at radius 2 is 2.00 bits per heavy atom. The summed E-state index contributed by atoms with van der Waals surface area (Å²) in [5.74, 6) is -0.128. The molecule has 0 radical (unpaired) electrons. The molecule has 1 rings (SSSR count). The minimum atomic E-state index is -0.646. The van der Waals surface area contributed by atoms with Gasteiger partial charge in [-0.2, -0.15) is 0 Å². The van der Waals surface area contributed by atoms with Gasteiger partial charge in [-0.25, -0.2) is 0 Å². The molecule has 0 spiro atoms. The summed E-state index contributed by atoms with van der Waals surface area (Å²) in [6, 6.07) is 0. The molecule has 0 saturated heterocycles. The van der Waals surface area contributed by atoms with E-state index < -0.39 is 5.97 Å². The number of hydrogen-bond donors (Lipinski definition) is 2. The fourth-order valence-corrected chi connectivity index (χ4v) is 2.17. The molecule has 0 unspecified atom stereocenters. The lowest BCUT2D eigenvalue weighted by Gasteiger charge is -2.25. The molecule has 0 amide bonds. The highest BCUT2D eigenvalue weighted by molar-refractivity contribution is 5.69. The first-order chi connectivity index (χ1) is 7.24. The minimum Gasteiger partial charge on any atom is -0.481 e. The van der Waals surface area contributed by atoms with Gasteiger partial charge in [0, 0.05) is 0 Å². The van der Waals surface area contributed by atoms with Crippen LogP contribution in [0.25, 0.3) is 0 Å². The van der Waals surface area contributed by atoms with Gasteiger partial charge in [0.15, 0.2) is 0 Å². The van der Waals surface area contributed by atoms with Crippen molar-refractivity contribution in [3.8, 4) is 0 Å². The summed E-state index contributed by atoms with van der Waals surface area (Å²) >= 11 is 0. The predicted octanol–water partition coefficient (Wildman–Crippen LogP) is 1.06. The summed E-state index contributed by atoms with van der Waals surface area (Å²) < 4.78 is 0. The largest absolute Gasteiger partial charge is 0.481 e. The average Bonchev–Trinajstić information content (AvgIpc) is 2.25. The van der Waals surface area contributed by atoms with Crippen molar-refractivity contribution in [1.82, 2.24) is 5.32 Å². The van der Waals surface area contributed by atoms with Gasteiger partial charge in [0.1, 0.15) is 6.29 Å². The Bertz CT molecular complexity index is 210. The van der Waals surface area contributed by atoms with Gasteiger partial charge in [-0.05, 0) is 44.6 Å².